The number of nitrogens with two attached hydrogens (primary N) is 1. The van der Waals surface area contributed by atoms with Gasteiger partial charge in [-0.15, -0.1) is 0 Å². The zero-order valence-corrected chi connectivity index (χ0v) is 11.0. The fourth-order valence-corrected chi connectivity index (χ4v) is 2.18. The van der Waals surface area contributed by atoms with Crippen LogP contribution in [0.25, 0.3) is 0 Å². The van der Waals surface area contributed by atoms with Crippen molar-refractivity contribution in [3.8, 4) is 5.75 Å². The number of hydrogen-bond acceptors (Lipinski definition) is 2. The highest BCUT2D eigenvalue weighted by atomic mass is 19.1. The summed E-state index contributed by atoms with van der Waals surface area (Å²) in [7, 11) is 1.59. The summed E-state index contributed by atoms with van der Waals surface area (Å²) in [5, 5.41) is 0. The Morgan fingerprint density at radius 1 is 1.05 bits per heavy atom. The van der Waals surface area contributed by atoms with Crippen LogP contribution in [0, 0.1) is 0 Å². The van der Waals surface area contributed by atoms with Crippen molar-refractivity contribution in [2.75, 3.05) is 13.7 Å². The third-order valence-electron chi connectivity index (χ3n) is 3.28. The maximum Gasteiger partial charge on any atom is 0.152 e. The topological polar surface area (TPSA) is 35.2 Å². The molecular weight excluding hydrogens is 241 g/mol. The molecule has 0 amide bonds. The van der Waals surface area contributed by atoms with Crippen molar-refractivity contribution < 1.29 is 9.13 Å². The van der Waals surface area contributed by atoms with Crippen molar-refractivity contribution in [1.82, 2.24) is 0 Å². The first-order valence-corrected chi connectivity index (χ1v) is 6.26. The number of halogens is 1. The van der Waals surface area contributed by atoms with Crippen LogP contribution in [0.5, 0.6) is 5.75 Å². The molecule has 0 aliphatic carbocycles. The fraction of sp³-hybridized carbons (Fsp3) is 0.250. The molecule has 2 aromatic carbocycles. The molecule has 0 aliphatic rings. The first-order valence-electron chi connectivity index (χ1n) is 6.26. The Hall–Kier alpha value is -1.87. The molecule has 2 nitrogen and oxygen atoms in total. The highest BCUT2D eigenvalue weighted by Crippen LogP contribution is 2.32. The first kappa shape index (κ1) is 13.6. The van der Waals surface area contributed by atoms with Gasteiger partial charge in [0.25, 0.3) is 0 Å². The Bertz CT molecular complexity index is 529. The third kappa shape index (κ3) is 2.93. The highest BCUT2D eigenvalue weighted by molar-refractivity contribution is 5.36. The summed E-state index contributed by atoms with van der Waals surface area (Å²) in [4.78, 5) is 0. The van der Waals surface area contributed by atoms with Gasteiger partial charge in [-0.25, -0.2) is 4.39 Å². The first-order chi connectivity index (χ1) is 9.19. The lowest BCUT2D eigenvalue weighted by atomic mass is 9.88. The van der Waals surface area contributed by atoms with Crippen LogP contribution in [-0.4, -0.2) is 13.7 Å². The van der Waals surface area contributed by atoms with Crippen molar-refractivity contribution in [2.45, 2.75) is 12.1 Å². The van der Waals surface area contributed by atoms with E-state index in [1.165, 1.54) is 0 Å². The van der Waals surface area contributed by atoms with Crippen LogP contribution in [0.4, 0.5) is 4.39 Å². The minimum Gasteiger partial charge on any atom is -0.496 e. The second-order valence-corrected chi connectivity index (χ2v) is 4.52. The summed E-state index contributed by atoms with van der Waals surface area (Å²) in [5.41, 5.74) is 5.51. The zero-order valence-electron chi connectivity index (χ0n) is 11.0. The molecule has 3 heteroatoms. The number of ether oxygens (including phenoxy) is 1. The van der Waals surface area contributed by atoms with E-state index in [0.717, 1.165) is 5.56 Å². The monoisotopic (exact) mass is 259 g/mol. The fourth-order valence-electron chi connectivity index (χ4n) is 2.18. The predicted molar refractivity (Wildman–Crippen MR) is 75.0 cm³/mol. The van der Waals surface area contributed by atoms with Crippen LogP contribution in [0.15, 0.2) is 54.6 Å². The molecule has 19 heavy (non-hydrogen) atoms. The normalized spacial score (nSPS) is 13.8. The zero-order chi connectivity index (χ0) is 13.7. The molecule has 100 valence electrons. The lowest BCUT2D eigenvalue weighted by Crippen LogP contribution is -2.32. The van der Waals surface area contributed by atoms with E-state index in [2.05, 4.69) is 0 Å². The van der Waals surface area contributed by atoms with Crippen molar-refractivity contribution in [3.05, 3.63) is 65.7 Å². The Morgan fingerprint density at radius 3 is 2.32 bits per heavy atom. The SMILES string of the molecule is COc1ccccc1CC(F)(CN)c1ccccc1. The maximum atomic E-state index is 15.1. The molecule has 0 fully saturated rings. The van der Waals surface area contributed by atoms with E-state index in [4.69, 9.17) is 10.5 Å². The Labute approximate surface area is 113 Å². The number of rotatable bonds is 5. The van der Waals surface area contributed by atoms with Gasteiger partial charge >= 0.3 is 0 Å². The minimum atomic E-state index is -1.57. The van der Waals surface area contributed by atoms with E-state index in [1.54, 1.807) is 19.2 Å². The summed E-state index contributed by atoms with van der Waals surface area (Å²) >= 11 is 0. The molecule has 2 N–H and O–H groups in total. The van der Waals surface area contributed by atoms with Crippen molar-refractivity contribution in [1.29, 1.82) is 0 Å². The van der Waals surface area contributed by atoms with Crippen LogP contribution in [0.1, 0.15) is 11.1 Å². The second-order valence-electron chi connectivity index (χ2n) is 4.52. The molecule has 0 saturated carbocycles. The van der Waals surface area contributed by atoms with E-state index in [-0.39, 0.29) is 13.0 Å². The van der Waals surface area contributed by atoms with Gasteiger partial charge in [-0.1, -0.05) is 48.5 Å². The lowest BCUT2D eigenvalue weighted by Gasteiger charge is -2.25. The van der Waals surface area contributed by atoms with Gasteiger partial charge in [0.05, 0.1) is 7.11 Å². The molecule has 0 saturated heterocycles. The highest BCUT2D eigenvalue weighted by Gasteiger charge is 2.31. The number of alkyl halides is 1. The number of methoxy groups -OCH3 is 1. The van der Waals surface area contributed by atoms with Gasteiger partial charge in [0, 0.05) is 13.0 Å². The van der Waals surface area contributed by atoms with Crippen LogP contribution < -0.4 is 10.5 Å². The second kappa shape index (κ2) is 5.85. The largest absolute Gasteiger partial charge is 0.496 e. The van der Waals surface area contributed by atoms with E-state index >= 15 is 4.39 Å². The van der Waals surface area contributed by atoms with Crippen molar-refractivity contribution in [2.24, 2.45) is 5.73 Å². The van der Waals surface area contributed by atoms with Crippen LogP contribution in [-0.2, 0) is 12.1 Å². The molecule has 0 spiro atoms. The molecule has 0 bridgehead atoms. The van der Waals surface area contributed by atoms with Gasteiger partial charge in [-0.2, -0.15) is 0 Å². The summed E-state index contributed by atoms with van der Waals surface area (Å²) in [5.74, 6) is 0.689. The average molecular weight is 259 g/mol. The Kier molecular flexibility index (Phi) is 4.17. The van der Waals surface area contributed by atoms with Gasteiger partial charge in [0.1, 0.15) is 5.75 Å². The molecule has 0 aromatic heterocycles. The average Bonchev–Trinajstić information content (AvgIpc) is 2.48. The summed E-state index contributed by atoms with van der Waals surface area (Å²) in [6.07, 6.45) is 0.206. The molecule has 1 unspecified atom stereocenters. The molecule has 2 aromatic rings. The van der Waals surface area contributed by atoms with Crippen LogP contribution >= 0.6 is 0 Å². The smallest absolute Gasteiger partial charge is 0.152 e. The van der Waals surface area contributed by atoms with Crippen molar-refractivity contribution >= 4 is 0 Å². The number of hydrogen-bond donors (Lipinski definition) is 1. The third-order valence-corrected chi connectivity index (χ3v) is 3.28. The maximum absolute atomic E-state index is 15.1. The number of para-hydroxylation sites is 1. The molecule has 0 radical (unpaired) electrons. The van der Waals surface area contributed by atoms with E-state index in [1.807, 2.05) is 42.5 Å². The molecule has 0 heterocycles. The molecule has 2 rings (SSSR count). The van der Waals surface area contributed by atoms with Gasteiger partial charge in [-0.05, 0) is 17.2 Å². The number of benzene rings is 2. The van der Waals surface area contributed by atoms with Crippen LogP contribution in [0.2, 0.25) is 0 Å². The van der Waals surface area contributed by atoms with Gasteiger partial charge in [0.15, 0.2) is 5.67 Å². The molecule has 0 aliphatic heterocycles. The van der Waals surface area contributed by atoms with E-state index in [0.29, 0.717) is 11.3 Å². The Balaban J connectivity index is 2.33. The van der Waals surface area contributed by atoms with E-state index in [9.17, 15) is 0 Å². The summed E-state index contributed by atoms with van der Waals surface area (Å²) < 4.78 is 20.3. The Morgan fingerprint density at radius 2 is 1.68 bits per heavy atom. The predicted octanol–water partition coefficient (Wildman–Crippen LogP) is 3.06. The van der Waals surface area contributed by atoms with Crippen molar-refractivity contribution in [3.63, 3.8) is 0 Å². The minimum absolute atomic E-state index is 0.0605. The summed E-state index contributed by atoms with van der Waals surface area (Å²) in [6, 6.07) is 16.5. The van der Waals surface area contributed by atoms with Crippen LogP contribution in [0.3, 0.4) is 0 Å². The quantitative estimate of drug-likeness (QED) is 0.895. The lowest BCUT2D eigenvalue weighted by molar-refractivity contribution is 0.173. The van der Waals surface area contributed by atoms with Gasteiger partial charge in [-0.3, -0.25) is 0 Å². The van der Waals surface area contributed by atoms with Gasteiger partial charge in [0.2, 0.25) is 0 Å². The standard InChI is InChI=1S/C16H18FNO/c1-19-15-10-6-5-7-13(15)11-16(17,12-18)14-8-3-2-4-9-14/h2-10H,11-12,18H2,1H3. The molecular formula is C16H18FNO. The summed E-state index contributed by atoms with van der Waals surface area (Å²) in [6.45, 7) is -0.0605. The van der Waals surface area contributed by atoms with E-state index < -0.39 is 5.67 Å². The molecule has 1 atom stereocenters. The van der Waals surface area contributed by atoms with Gasteiger partial charge < -0.3 is 10.5 Å².